The molecule has 2 aliphatic rings. The van der Waals surface area contributed by atoms with Gasteiger partial charge in [-0.25, -0.2) is 0 Å². The highest BCUT2D eigenvalue weighted by atomic mass is 19.4. The van der Waals surface area contributed by atoms with E-state index >= 15 is 8.63 Å². The van der Waals surface area contributed by atoms with Crippen molar-refractivity contribution >= 4 is 40.8 Å². The monoisotopic (exact) mass is 455 g/mol. The molecule has 3 aromatic rings. The van der Waals surface area contributed by atoms with E-state index in [-0.39, 0.29) is 0 Å². The third-order valence-electron chi connectivity index (χ3n) is 5.41. The molecule has 12 heteroatoms. The number of allylic oxidation sites excluding steroid dienone is 1. The second kappa shape index (κ2) is 6.30. The first-order valence-electron chi connectivity index (χ1n) is 9.24. The fourth-order valence-corrected chi connectivity index (χ4v) is 4.15. The second-order valence-electron chi connectivity index (χ2n) is 7.30. The number of anilines is 1. The van der Waals surface area contributed by atoms with E-state index < -0.39 is 64.3 Å². The summed E-state index contributed by atoms with van der Waals surface area (Å²) in [6, 6.07) is 9.90. The van der Waals surface area contributed by atoms with Crippen molar-refractivity contribution in [3.05, 3.63) is 71.8 Å². The Morgan fingerprint density at radius 1 is 0.844 bits per heavy atom. The van der Waals surface area contributed by atoms with Gasteiger partial charge in [0.05, 0.1) is 16.7 Å². The van der Waals surface area contributed by atoms with Crippen molar-refractivity contribution in [2.24, 2.45) is 4.99 Å². The summed E-state index contributed by atoms with van der Waals surface area (Å²) in [7, 11) is 0. The first-order chi connectivity index (χ1) is 14.9. The van der Waals surface area contributed by atoms with Gasteiger partial charge in [0.25, 0.3) is 5.82 Å². The number of pyridine rings is 1. The number of halogens is 8. The zero-order valence-corrected chi connectivity index (χ0v) is 15.7. The van der Waals surface area contributed by atoms with Crippen LogP contribution in [-0.4, -0.2) is 19.0 Å². The van der Waals surface area contributed by atoms with Gasteiger partial charge in [0.15, 0.2) is 0 Å². The molecule has 0 saturated carbocycles. The first-order valence-corrected chi connectivity index (χ1v) is 9.24. The van der Waals surface area contributed by atoms with E-state index in [1.807, 2.05) is 0 Å². The molecule has 164 valence electrons. The van der Waals surface area contributed by atoms with Crippen molar-refractivity contribution in [2.75, 3.05) is 4.81 Å². The van der Waals surface area contributed by atoms with Crippen molar-refractivity contribution < 1.29 is 39.5 Å². The number of alkyl halides is 6. The molecule has 5 rings (SSSR count). The predicted octanol–water partition coefficient (Wildman–Crippen LogP) is 5.88. The third kappa shape index (κ3) is 2.81. The van der Waals surface area contributed by atoms with Gasteiger partial charge in [-0.2, -0.15) is 26.3 Å². The smallest absolute Gasteiger partial charge is 0.414 e. The van der Waals surface area contributed by atoms with E-state index in [1.165, 1.54) is 24.3 Å². The zero-order valence-electron chi connectivity index (χ0n) is 15.7. The minimum Gasteiger partial charge on any atom is -0.414 e. The molecule has 1 aromatic heterocycles. The van der Waals surface area contributed by atoms with E-state index in [4.69, 9.17) is 0 Å². The van der Waals surface area contributed by atoms with Crippen LogP contribution in [0.1, 0.15) is 11.1 Å². The van der Waals surface area contributed by atoms with Gasteiger partial charge in [0, 0.05) is 28.8 Å². The number of nitrogens with zero attached hydrogens (tertiary/aromatic N) is 3. The summed E-state index contributed by atoms with van der Waals surface area (Å²) in [5.41, 5.74) is -3.76. The van der Waals surface area contributed by atoms with E-state index in [1.54, 1.807) is 0 Å². The largest absolute Gasteiger partial charge is 0.642 e. The van der Waals surface area contributed by atoms with Crippen LogP contribution in [0.15, 0.2) is 65.7 Å². The molecule has 3 nitrogen and oxygen atoms in total. The fourth-order valence-electron chi connectivity index (χ4n) is 4.15. The molecule has 0 fully saturated rings. The highest BCUT2D eigenvalue weighted by Crippen LogP contribution is 2.45. The van der Waals surface area contributed by atoms with Crippen LogP contribution in [0.3, 0.4) is 0 Å². The lowest BCUT2D eigenvalue weighted by atomic mass is 9.83. The van der Waals surface area contributed by atoms with E-state index in [9.17, 15) is 26.3 Å². The molecule has 0 atom stereocenters. The predicted molar refractivity (Wildman–Crippen MR) is 103 cm³/mol. The van der Waals surface area contributed by atoms with Gasteiger partial charge in [0.1, 0.15) is 0 Å². The number of fused-ring (bicyclic) bond motifs is 6. The Labute approximate surface area is 175 Å². The average Bonchev–Trinajstić information content (AvgIpc) is 2.70. The van der Waals surface area contributed by atoms with Gasteiger partial charge in [0.2, 0.25) is 5.84 Å². The Hall–Kier alpha value is -3.44. The molecule has 0 aliphatic carbocycles. The fraction of sp³-hybridized carbons (Fsp3) is 0.100. The van der Waals surface area contributed by atoms with Gasteiger partial charge in [-0.05, 0) is 17.1 Å². The number of aliphatic imine (C=N–C) groups is 1. The summed E-state index contributed by atoms with van der Waals surface area (Å²) in [6.07, 6.45) is -9.34. The average molecular weight is 455 g/mol. The maximum absolute atomic E-state index is 15.9. The lowest BCUT2D eigenvalue weighted by Gasteiger charge is -2.42. The molecular weight excluding hydrogens is 445 g/mol. The number of amidine groups is 1. The molecule has 3 heterocycles. The quantitative estimate of drug-likeness (QED) is 0.306. The summed E-state index contributed by atoms with van der Waals surface area (Å²) >= 11 is 0. The van der Waals surface area contributed by atoms with Gasteiger partial charge in [-0.3, -0.25) is 0 Å². The Morgan fingerprint density at radius 2 is 1.50 bits per heavy atom. The maximum atomic E-state index is 15.9. The van der Waals surface area contributed by atoms with E-state index in [2.05, 4.69) is 4.99 Å². The van der Waals surface area contributed by atoms with Crippen LogP contribution in [0.5, 0.6) is 0 Å². The van der Waals surface area contributed by atoms with Crippen molar-refractivity contribution in [1.29, 1.82) is 0 Å². The molecule has 0 spiro atoms. The van der Waals surface area contributed by atoms with Gasteiger partial charge < -0.3 is 17.9 Å². The molecule has 2 aromatic carbocycles. The molecule has 0 N–H and O–H groups in total. The topological polar surface area (TPSA) is 19.5 Å². The summed E-state index contributed by atoms with van der Waals surface area (Å²) in [5.74, 6) is -1.58. The molecule has 0 radical (unpaired) electrons. The Bertz CT molecular complexity index is 1340. The molecular formula is C20H10BF8N3. The van der Waals surface area contributed by atoms with Gasteiger partial charge >= 0.3 is 19.3 Å². The first kappa shape index (κ1) is 20.5. The lowest BCUT2D eigenvalue weighted by Crippen LogP contribution is -2.73. The van der Waals surface area contributed by atoms with Crippen molar-refractivity contribution in [2.45, 2.75) is 12.4 Å². The molecule has 0 amide bonds. The van der Waals surface area contributed by atoms with Crippen molar-refractivity contribution in [3.63, 3.8) is 0 Å². The molecule has 0 bridgehead atoms. The number of hydrogen-bond donors (Lipinski definition) is 0. The van der Waals surface area contributed by atoms with Crippen LogP contribution < -0.4 is 9.29 Å². The molecule has 2 aliphatic heterocycles. The summed E-state index contributed by atoms with van der Waals surface area (Å²) in [5, 5.41) is -0.472. The number of para-hydroxylation sites is 2. The number of aromatic nitrogens is 1. The van der Waals surface area contributed by atoms with E-state index in [0.717, 1.165) is 24.3 Å². The highest BCUT2D eigenvalue weighted by Gasteiger charge is 2.55. The van der Waals surface area contributed by atoms with Crippen LogP contribution in [0.2, 0.25) is 0 Å². The van der Waals surface area contributed by atoms with Crippen molar-refractivity contribution in [1.82, 2.24) is 0 Å². The van der Waals surface area contributed by atoms with Gasteiger partial charge in [-0.15, -0.1) is 0 Å². The maximum Gasteiger partial charge on any atom is 0.642 e. The third-order valence-corrected chi connectivity index (χ3v) is 5.41. The second-order valence-corrected chi connectivity index (χ2v) is 7.30. The number of hydrogen-bond acceptors (Lipinski definition) is 2. The normalized spacial score (nSPS) is 17.3. The summed E-state index contributed by atoms with van der Waals surface area (Å²) in [6.45, 7) is -4.89. The SMILES string of the molecule is F[B-]1(F)N2C(=Nc3cc(C(F)(F)F)c4ccccc4[n+]31)C=C(C(F)(F)F)c1ccccc12. The number of rotatable bonds is 0. The minimum absolute atomic E-state index is 0.358. The van der Waals surface area contributed by atoms with Crippen molar-refractivity contribution in [3.8, 4) is 0 Å². The van der Waals surface area contributed by atoms with Crippen LogP contribution in [0.4, 0.5) is 46.5 Å². The van der Waals surface area contributed by atoms with Crippen LogP contribution in [0.25, 0.3) is 16.5 Å². The molecule has 32 heavy (non-hydrogen) atoms. The highest BCUT2D eigenvalue weighted by molar-refractivity contribution is 6.69. The zero-order chi connectivity index (χ0) is 23.1. The Balaban J connectivity index is 1.89. The number of benzene rings is 2. The minimum atomic E-state index is -4.89. The summed E-state index contributed by atoms with van der Waals surface area (Å²) in [4.78, 5) is 4.17. The Morgan fingerprint density at radius 3 is 2.19 bits per heavy atom. The molecule has 0 unspecified atom stereocenters. The van der Waals surface area contributed by atoms with Crippen LogP contribution in [0, 0.1) is 0 Å². The lowest BCUT2D eigenvalue weighted by molar-refractivity contribution is -0.524. The van der Waals surface area contributed by atoms with Crippen LogP contribution >= 0.6 is 0 Å². The molecule has 0 saturated heterocycles. The summed E-state index contributed by atoms with van der Waals surface area (Å²) < 4.78 is 114. The standard InChI is InChI=1S/C20H10BF8N3/c22-19(23,24)13-9-17-30-18-10-14(20(25,26)27)12-6-2-4-8-16(12)32(18)21(28,29)31(17)15-7-3-1-5-11(13)15/h1-10H. The van der Waals surface area contributed by atoms with E-state index in [0.29, 0.717) is 21.4 Å². The van der Waals surface area contributed by atoms with Crippen LogP contribution in [-0.2, 0) is 6.18 Å². The van der Waals surface area contributed by atoms with Gasteiger partial charge in [-0.1, -0.05) is 36.4 Å². The Kier molecular flexibility index (Phi) is 4.03.